The zero-order chi connectivity index (χ0) is 11.7. The van der Waals surface area contributed by atoms with E-state index < -0.39 is 0 Å². The molecule has 0 radical (unpaired) electrons. The van der Waals surface area contributed by atoms with Crippen molar-refractivity contribution in [3.8, 4) is 5.75 Å². The molecule has 1 aromatic carbocycles. The molecule has 0 saturated carbocycles. The molecule has 0 unspecified atom stereocenters. The molecular formula is C14H19NO2. The molecule has 2 atom stereocenters. The Kier molecular flexibility index (Phi) is 3.04. The van der Waals surface area contributed by atoms with E-state index in [0.717, 1.165) is 31.4 Å². The van der Waals surface area contributed by atoms with Gasteiger partial charge in [0.2, 0.25) is 0 Å². The predicted octanol–water partition coefficient (Wildman–Crippen LogP) is 1.92. The number of benzene rings is 1. The van der Waals surface area contributed by atoms with E-state index in [2.05, 4.69) is 17.0 Å². The SMILES string of the molecule is COc1ccc(CN2C[C@@H]3COC[C@@H]2C3)cc1. The average Bonchev–Trinajstić information content (AvgIpc) is 2.65. The summed E-state index contributed by atoms with van der Waals surface area (Å²) in [4.78, 5) is 2.56. The average molecular weight is 233 g/mol. The summed E-state index contributed by atoms with van der Waals surface area (Å²) in [6.45, 7) is 4.09. The van der Waals surface area contributed by atoms with Gasteiger partial charge in [-0.15, -0.1) is 0 Å². The van der Waals surface area contributed by atoms with E-state index in [-0.39, 0.29) is 0 Å². The number of ether oxygens (including phenoxy) is 2. The minimum Gasteiger partial charge on any atom is -0.497 e. The maximum atomic E-state index is 5.60. The molecule has 92 valence electrons. The van der Waals surface area contributed by atoms with Gasteiger partial charge < -0.3 is 9.47 Å². The van der Waals surface area contributed by atoms with Crippen LogP contribution < -0.4 is 4.74 Å². The van der Waals surface area contributed by atoms with Crippen LogP contribution in [0.15, 0.2) is 24.3 Å². The van der Waals surface area contributed by atoms with Crippen molar-refractivity contribution in [1.82, 2.24) is 4.90 Å². The molecule has 0 aromatic heterocycles. The van der Waals surface area contributed by atoms with Crippen molar-refractivity contribution in [1.29, 1.82) is 0 Å². The van der Waals surface area contributed by atoms with Crippen LogP contribution in [0.5, 0.6) is 5.75 Å². The van der Waals surface area contributed by atoms with Crippen LogP contribution in [0.3, 0.4) is 0 Å². The Balaban J connectivity index is 1.66. The van der Waals surface area contributed by atoms with Gasteiger partial charge in [0, 0.05) is 19.1 Å². The Labute approximate surface area is 102 Å². The van der Waals surface area contributed by atoms with Gasteiger partial charge in [-0.1, -0.05) is 12.1 Å². The first-order valence-electron chi connectivity index (χ1n) is 6.30. The highest BCUT2D eigenvalue weighted by molar-refractivity contribution is 5.27. The molecule has 1 aromatic rings. The first-order chi connectivity index (χ1) is 8.35. The van der Waals surface area contributed by atoms with Crippen LogP contribution in [-0.2, 0) is 11.3 Å². The number of rotatable bonds is 3. The van der Waals surface area contributed by atoms with Crippen molar-refractivity contribution >= 4 is 0 Å². The van der Waals surface area contributed by atoms with E-state index in [4.69, 9.17) is 9.47 Å². The van der Waals surface area contributed by atoms with E-state index in [9.17, 15) is 0 Å². The molecule has 3 rings (SSSR count). The monoisotopic (exact) mass is 233 g/mol. The molecule has 17 heavy (non-hydrogen) atoms. The third-order valence-corrected chi connectivity index (χ3v) is 3.82. The number of likely N-dealkylation sites (tertiary alicyclic amines) is 1. The lowest BCUT2D eigenvalue weighted by atomic mass is 10.1. The Morgan fingerprint density at radius 2 is 2.12 bits per heavy atom. The van der Waals surface area contributed by atoms with Crippen molar-refractivity contribution in [2.24, 2.45) is 5.92 Å². The van der Waals surface area contributed by atoms with Crippen molar-refractivity contribution in [3.63, 3.8) is 0 Å². The Morgan fingerprint density at radius 1 is 1.29 bits per heavy atom. The molecule has 0 amide bonds. The van der Waals surface area contributed by atoms with Crippen LogP contribution in [0, 0.1) is 5.92 Å². The minimum atomic E-state index is 0.635. The van der Waals surface area contributed by atoms with E-state index in [1.165, 1.54) is 18.5 Å². The highest BCUT2D eigenvalue weighted by Crippen LogP contribution is 2.29. The van der Waals surface area contributed by atoms with Crippen LogP contribution >= 0.6 is 0 Å². The maximum absolute atomic E-state index is 5.60. The standard InChI is InChI=1S/C14H19NO2/c1-16-14-4-2-11(3-5-14)7-15-8-12-6-13(15)10-17-9-12/h2-5,12-13H,6-10H2,1H3/t12-,13+/m1/s1. The van der Waals surface area contributed by atoms with Crippen LogP contribution in [0.25, 0.3) is 0 Å². The number of hydrogen-bond donors (Lipinski definition) is 0. The molecule has 0 N–H and O–H groups in total. The smallest absolute Gasteiger partial charge is 0.118 e. The normalized spacial score (nSPS) is 28.3. The molecule has 2 aliphatic rings. The topological polar surface area (TPSA) is 21.7 Å². The summed E-state index contributed by atoms with van der Waals surface area (Å²) in [6.07, 6.45) is 1.32. The summed E-state index contributed by atoms with van der Waals surface area (Å²) in [5, 5.41) is 0. The first kappa shape index (κ1) is 11.1. The third-order valence-electron chi connectivity index (χ3n) is 3.82. The second-order valence-electron chi connectivity index (χ2n) is 5.07. The Bertz CT molecular complexity index is 376. The molecule has 0 spiro atoms. The van der Waals surface area contributed by atoms with Gasteiger partial charge in [0.15, 0.2) is 0 Å². The third kappa shape index (κ3) is 2.31. The second-order valence-corrected chi connectivity index (χ2v) is 5.07. The molecule has 0 aliphatic carbocycles. The number of fused-ring (bicyclic) bond motifs is 2. The molecular weight excluding hydrogens is 214 g/mol. The van der Waals surface area contributed by atoms with Gasteiger partial charge in [0.1, 0.15) is 5.75 Å². The van der Waals surface area contributed by atoms with Crippen molar-refractivity contribution in [2.45, 2.75) is 19.0 Å². The summed E-state index contributed by atoms with van der Waals surface area (Å²) in [6, 6.07) is 9.02. The van der Waals surface area contributed by atoms with Gasteiger partial charge in [-0.2, -0.15) is 0 Å². The zero-order valence-corrected chi connectivity index (χ0v) is 10.3. The quantitative estimate of drug-likeness (QED) is 0.796. The van der Waals surface area contributed by atoms with E-state index in [1.807, 2.05) is 12.1 Å². The lowest BCUT2D eigenvalue weighted by Crippen LogP contribution is -2.32. The highest BCUT2D eigenvalue weighted by Gasteiger charge is 2.35. The maximum Gasteiger partial charge on any atom is 0.118 e. The fourth-order valence-electron chi connectivity index (χ4n) is 2.91. The number of methoxy groups -OCH3 is 1. The summed E-state index contributed by atoms with van der Waals surface area (Å²) in [7, 11) is 1.70. The van der Waals surface area contributed by atoms with Gasteiger partial charge in [-0.25, -0.2) is 0 Å². The zero-order valence-electron chi connectivity index (χ0n) is 10.3. The van der Waals surface area contributed by atoms with E-state index in [1.54, 1.807) is 7.11 Å². The summed E-state index contributed by atoms with van der Waals surface area (Å²) < 4.78 is 10.8. The fourth-order valence-corrected chi connectivity index (χ4v) is 2.91. The molecule has 2 fully saturated rings. The van der Waals surface area contributed by atoms with Crippen molar-refractivity contribution in [3.05, 3.63) is 29.8 Å². The van der Waals surface area contributed by atoms with Crippen molar-refractivity contribution in [2.75, 3.05) is 26.9 Å². The highest BCUT2D eigenvalue weighted by atomic mass is 16.5. The van der Waals surface area contributed by atoms with Gasteiger partial charge in [0.05, 0.1) is 20.3 Å². The van der Waals surface area contributed by atoms with Crippen LogP contribution in [-0.4, -0.2) is 37.8 Å². The molecule has 3 nitrogen and oxygen atoms in total. The van der Waals surface area contributed by atoms with Gasteiger partial charge >= 0.3 is 0 Å². The predicted molar refractivity (Wildman–Crippen MR) is 66.1 cm³/mol. The lowest BCUT2D eigenvalue weighted by Gasteiger charge is -2.24. The number of hydrogen-bond acceptors (Lipinski definition) is 3. The molecule has 2 saturated heterocycles. The van der Waals surface area contributed by atoms with E-state index in [0.29, 0.717) is 6.04 Å². The van der Waals surface area contributed by atoms with Crippen LogP contribution in [0.2, 0.25) is 0 Å². The second kappa shape index (κ2) is 4.67. The van der Waals surface area contributed by atoms with Crippen molar-refractivity contribution < 1.29 is 9.47 Å². The lowest BCUT2D eigenvalue weighted by molar-refractivity contribution is 0.0521. The minimum absolute atomic E-state index is 0.635. The van der Waals surface area contributed by atoms with Crippen LogP contribution in [0.1, 0.15) is 12.0 Å². The van der Waals surface area contributed by atoms with Gasteiger partial charge in [0.25, 0.3) is 0 Å². The van der Waals surface area contributed by atoms with Gasteiger partial charge in [-0.05, 0) is 30.0 Å². The summed E-state index contributed by atoms with van der Waals surface area (Å²) in [5.41, 5.74) is 1.36. The largest absolute Gasteiger partial charge is 0.497 e. The molecule has 2 bridgehead atoms. The summed E-state index contributed by atoms with van der Waals surface area (Å²) >= 11 is 0. The Hall–Kier alpha value is -1.06. The number of nitrogens with zero attached hydrogens (tertiary/aromatic N) is 1. The van der Waals surface area contributed by atoms with Gasteiger partial charge in [-0.3, -0.25) is 4.90 Å². The first-order valence-corrected chi connectivity index (χ1v) is 6.30. The fraction of sp³-hybridized carbons (Fsp3) is 0.571. The van der Waals surface area contributed by atoms with Crippen LogP contribution in [0.4, 0.5) is 0 Å². The Morgan fingerprint density at radius 3 is 2.82 bits per heavy atom. The molecule has 2 heterocycles. The molecule has 3 heteroatoms. The summed E-state index contributed by atoms with van der Waals surface area (Å²) in [5.74, 6) is 1.68. The molecule has 2 aliphatic heterocycles. The van der Waals surface area contributed by atoms with E-state index >= 15 is 0 Å².